The molecule has 0 atom stereocenters. The van der Waals surface area contributed by atoms with Gasteiger partial charge in [0.25, 0.3) is 0 Å². The van der Waals surface area contributed by atoms with Crippen LogP contribution in [-0.4, -0.2) is 30.3 Å². The molecule has 5 nitrogen and oxygen atoms in total. The van der Waals surface area contributed by atoms with E-state index in [0.29, 0.717) is 18.8 Å². The van der Waals surface area contributed by atoms with Gasteiger partial charge in [0.05, 0.1) is 17.9 Å². The lowest BCUT2D eigenvalue weighted by molar-refractivity contribution is 0.0696. The van der Waals surface area contributed by atoms with Crippen LogP contribution in [0.5, 0.6) is 0 Å². The second-order valence-electron chi connectivity index (χ2n) is 3.75. The molecule has 1 amide bonds. The van der Waals surface area contributed by atoms with Gasteiger partial charge in [-0.05, 0) is 31.0 Å². The second-order valence-corrected chi connectivity index (χ2v) is 3.75. The smallest absolute Gasteiger partial charge is 0.414 e. The summed E-state index contributed by atoms with van der Waals surface area (Å²) in [6.07, 6.45) is 0.308. The molecule has 0 saturated heterocycles. The minimum Gasteiger partial charge on any atom is -0.478 e. The molecule has 1 aromatic carbocycles. The number of ether oxygens (including phenoxy) is 1. The highest BCUT2D eigenvalue weighted by atomic mass is 16.6. The first kappa shape index (κ1) is 11.4. The predicted octanol–water partition coefficient (Wildman–Crippen LogP) is 1.90. The Kier molecular flexibility index (Phi) is 2.99. The molecule has 0 fully saturated rings. The van der Waals surface area contributed by atoms with E-state index >= 15 is 0 Å². The summed E-state index contributed by atoms with van der Waals surface area (Å²) < 4.78 is 4.92. The van der Waals surface area contributed by atoms with Gasteiger partial charge < -0.3 is 9.84 Å². The maximum absolute atomic E-state index is 11.6. The molecule has 5 heteroatoms. The van der Waals surface area contributed by atoms with Gasteiger partial charge in [-0.1, -0.05) is 6.07 Å². The first-order valence-corrected chi connectivity index (χ1v) is 5.44. The van der Waals surface area contributed by atoms with Crippen molar-refractivity contribution in [3.8, 4) is 0 Å². The molecule has 17 heavy (non-hydrogen) atoms. The third kappa shape index (κ3) is 2.08. The summed E-state index contributed by atoms with van der Waals surface area (Å²) in [7, 11) is 0. The van der Waals surface area contributed by atoms with E-state index in [2.05, 4.69) is 0 Å². The third-order valence-corrected chi connectivity index (χ3v) is 2.72. The first-order valence-electron chi connectivity index (χ1n) is 5.44. The van der Waals surface area contributed by atoms with Crippen LogP contribution < -0.4 is 4.90 Å². The van der Waals surface area contributed by atoms with Crippen molar-refractivity contribution in [1.29, 1.82) is 0 Å². The molecule has 0 aromatic heterocycles. The molecular formula is C12H13NO4. The molecule has 1 aromatic rings. The Hall–Kier alpha value is -2.04. The number of amides is 1. The monoisotopic (exact) mass is 235 g/mol. The van der Waals surface area contributed by atoms with Crippen molar-refractivity contribution in [1.82, 2.24) is 0 Å². The Morgan fingerprint density at radius 2 is 2.24 bits per heavy atom. The maximum Gasteiger partial charge on any atom is 0.414 e. The normalized spacial score (nSPS) is 13.4. The molecule has 1 aliphatic heterocycles. The van der Waals surface area contributed by atoms with Gasteiger partial charge in [-0.3, -0.25) is 4.90 Å². The van der Waals surface area contributed by atoms with E-state index in [9.17, 15) is 9.59 Å². The van der Waals surface area contributed by atoms with E-state index in [0.717, 1.165) is 12.0 Å². The molecule has 1 aliphatic rings. The van der Waals surface area contributed by atoms with Crippen molar-refractivity contribution in [2.24, 2.45) is 0 Å². The van der Waals surface area contributed by atoms with Crippen molar-refractivity contribution >= 4 is 17.7 Å². The van der Waals surface area contributed by atoms with Gasteiger partial charge in [0.15, 0.2) is 0 Å². The van der Waals surface area contributed by atoms with Gasteiger partial charge >= 0.3 is 12.1 Å². The number of hydrogen-bond donors (Lipinski definition) is 1. The van der Waals surface area contributed by atoms with Crippen molar-refractivity contribution in [3.05, 3.63) is 29.3 Å². The quantitative estimate of drug-likeness (QED) is 0.850. The Labute approximate surface area is 98.6 Å². The molecule has 0 spiro atoms. The average molecular weight is 235 g/mol. The van der Waals surface area contributed by atoms with Crippen LogP contribution >= 0.6 is 0 Å². The van der Waals surface area contributed by atoms with Crippen LogP contribution in [0.3, 0.4) is 0 Å². The van der Waals surface area contributed by atoms with Gasteiger partial charge in [-0.2, -0.15) is 0 Å². The van der Waals surface area contributed by atoms with Crippen LogP contribution in [-0.2, 0) is 11.2 Å². The Balaban J connectivity index is 2.32. The van der Waals surface area contributed by atoms with Gasteiger partial charge in [0.2, 0.25) is 0 Å². The summed E-state index contributed by atoms with van der Waals surface area (Å²) in [6.45, 7) is 2.59. The third-order valence-electron chi connectivity index (χ3n) is 2.72. The second kappa shape index (κ2) is 4.45. The Morgan fingerprint density at radius 3 is 2.88 bits per heavy atom. The minimum atomic E-state index is -0.997. The molecule has 0 unspecified atom stereocenters. The highest BCUT2D eigenvalue weighted by Crippen LogP contribution is 2.29. The average Bonchev–Trinajstić information content (AvgIpc) is 2.71. The lowest BCUT2D eigenvalue weighted by atomic mass is 10.1. The topological polar surface area (TPSA) is 66.8 Å². The zero-order chi connectivity index (χ0) is 12.4. The van der Waals surface area contributed by atoms with Crippen molar-refractivity contribution in [3.63, 3.8) is 0 Å². The number of anilines is 1. The zero-order valence-electron chi connectivity index (χ0n) is 9.47. The minimum absolute atomic E-state index is 0.181. The van der Waals surface area contributed by atoms with E-state index in [1.807, 2.05) is 0 Å². The Morgan fingerprint density at radius 1 is 1.47 bits per heavy atom. The van der Waals surface area contributed by atoms with E-state index in [-0.39, 0.29) is 5.56 Å². The zero-order valence-corrected chi connectivity index (χ0v) is 9.47. The van der Waals surface area contributed by atoms with E-state index in [1.165, 1.54) is 11.0 Å². The first-order chi connectivity index (χ1) is 8.13. The SMILES string of the molecule is CCOC(=O)N1CCc2ccc(C(=O)O)cc21. The van der Waals surface area contributed by atoms with E-state index < -0.39 is 12.1 Å². The molecular weight excluding hydrogens is 222 g/mol. The number of carbonyl (C=O) groups is 2. The van der Waals surface area contributed by atoms with Crippen LogP contribution in [0, 0.1) is 0 Å². The fraction of sp³-hybridized carbons (Fsp3) is 0.333. The number of aromatic carboxylic acids is 1. The van der Waals surface area contributed by atoms with Crippen LogP contribution in [0.2, 0.25) is 0 Å². The summed E-state index contributed by atoms with van der Waals surface area (Å²) >= 11 is 0. The number of carbonyl (C=O) groups excluding carboxylic acids is 1. The highest BCUT2D eigenvalue weighted by Gasteiger charge is 2.26. The van der Waals surface area contributed by atoms with Gasteiger partial charge in [0.1, 0.15) is 0 Å². The van der Waals surface area contributed by atoms with Gasteiger partial charge in [-0.15, -0.1) is 0 Å². The summed E-state index contributed by atoms with van der Waals surface area (Å²) in [6, 6.07) is 4.81. The van der Waals surface area contributed by atoms with Crippen molar-refractivity contribution in [2.45, 2.75) is 13.3 Å². The molecule has 2 rings (SSSR count). The molecule has 1 N–H and O–H groups in total. The number of carboxylic acid groups (broad SMARTS) is 1. The number of hydrogen-bond acceptors (Lipinski definition) is 3. The van der Waals surface area contributed by atoms with Crippen LogP contribution in [0.4, 0.5) is 10.5 Å². The van der Waals surface area contributed by atoms with Crippen LogP contribution in [0.25, 0.3) is 0 Å². The summed E-state index contributed by atoms with van der Waals surface area (Å²) in [4.78, 5) is 24.0. The number of benzene rings is 1. The standard InChI is InChI=1S/C12H13NO4/c1-2-17-12(16)13-6-5-8-3-4-9(11(14)15)7-10(8)13/h3-4,7H,2,5-6H2,1H3,(H,14,15). The summed E-state index contributed by atoms with van der Waals surface area (Å²) in [5.74, 6) is -0.997. The molecule has 0 aliphatic carbocycles. The van der Waals surface area contributed by atoms with Gasteiger partial charge in [-0.25, -0.2) is 9.59 Å². The largest absolute Gasteiger partial charge is 0.478 e. The number of rotatable bonds is 2. The fourth-order valence-corrected chi connectivity index (χ4v) is 1.90. The summed E-state index contributed by atoms with van der Waals surface area (Å²) in [5.41, 5.74) is 1.80. The number of carboxylic acids is 1. The molecule has 0 radical (unpaired) electrons. The van der Waals surface area contributed by atoms with Crippen molar-refractivity contribution < 1.29 is 19.4 Å². The fourth-order valence-electron chi connectivity index (χ4n) is 1.90. The van der Waals surface area contributed by atoms with E-state index in [4.69, 9.17) is 9.84 Å². The number of nitrogens with zero attached hydrogens (tertiary/aromatic N) is 1. The molecule has 0 saturated carbocycles. The van der Waals surface area contributed by atoms with E-state index in [1.54, 1.807) is 19.1 Å². The summed E-state index contributed by atoms with van der Waals surface area (Å²) in [5, 5.41) is 8.91. The Bertz CT molecular complexity index is 470. The van der Waals surface area contributed by atoms with Crippen LogP contribution in [0.15, 0.2) is 18.2 Å². The van der Waals surface area contributed by atoms with Gasteiger partial charge in [0, 0.05) is 6.54 Å². The molecule has 90 valence electrons. The highest BCUT2D eigenvalue weighted by molar-refractivity contribution is 5.94. The maximum atomic E-state index is 11.6. The lowest BCUT2D eigenvalue weighted by Crippen LogP contribution is -2.29. The molecule has 1 heterocycles. The number of fused-ring (bicyclic) bond motifs is 1. The van der Waals surface area contributed by atoms with Crippen molar-refractivity contribution in [2.75, 3.05) is 18.1 Å². The predicted molar refractivity (Wildman–Crippen MR) is 61.5 cm³/mol. The lowest BCUT2D eigenvalue weighted by Gasteiger charge is -2.16. The molecule has 0 bridgehead atoms. The van der Waals surface area contributed by atoms with Crippen LogP contribution in [0.1, 0.15) is 22.8 Å².